The van der Waals surface area contributed by atoms with Crippen molar-refractivity contribution < 1.29 is 19.1 Å². The maximum absolute atomic E-state index is 13.4. The maximum Gasteiger partial charge on any atom is 0.265 e. The minimum absolute atomic E-state index is 0.0607. The molecule has 146 valence electrons. The van der Waals surface area contributed by atoms with Gasteiger partial charge in [-0.15, -0.1) is 0 Å². The lowest BCUT2D eigenvalue weighted by molar-refractivity contribution is 0.0896. The lowest BCUT2D eigenvalue weighted by Gasteiger charge is -2.24. The van der Waals surface area contributed by atoms with Crippen LogP contribution < -0.4 is 9.64 Å². The number of imide groups is 1. The highest BCUT2D eigenvalue weighted by Gasteiger charge is 2.30. The zero-order valence-corrected chi connectivity index (χ0v) is 16.1. The van der Waals surface area contributed by atoms with Crippen molar-refractivity contribution >= 4 is 17.5 Å². The Labute approximate surface area is 169 Å². The Bertz CT molecular complexity index is 962. The molecule has 0 N–H and O–H groups in total. The number of carbonyl (C=O) groups is 2. The highest BCUT2D eigenvalue weighted by Crippen LogP contribution is 2.34. The van der Waals surface area contributed by atoms with Gasteiger partial charge < -0.3 is 9.47 Å². The topological polar surface area (TPSA) is 59.1 Å². The number of anilines is 1. The highest BCUT2D eigenvalue weighted by atomic mass is 16.6. The molecular weight excluding hydrogens is 366 g/mol. The number of epoxide rings is 1. The van der Waals surface area contributed by atoms with Gasteiger partial charge in [-0.2, -0.15) is 0 Å². The number of aryl methyl sites for hydroxylation is 1. The second-order valence-corrected chi connectivity index (χ2v) is 6.87. The van der Waals surface area contributed by atoms with Crippen molar-refractivity contribution in [1.82, 2.24) is 0 Å². The Morgan fingerprint density at radius 3 is 1.97 bits per heavy atom. The average molecular weight is 387 g/mol. The van der Waals surface area contributed by atoms with Crippen molar-refractivity contribution in [3.05, 3.63) is 95.6 Å². The third kappa shape index (κ3) is 4.20. The SMILES string of the molecule is Cc1cccc(N(C(=O)c2ccccc2)C(=O)c2ccccc2)c1OCC1CO1. The van der Waals surface area contributed by atoms with Gasteiger partial charge in [-0.25, -0.2) is 4.90 Å². The minimum atomic E-state index is -0.405. The fourth-order valence-electron chi connectivity index (χ4n) is 3.07. The van der Waals surface area contributed by atoms with Crippen LogP contribution in [0.15, 0.2) is 78.9 Å². The van der Waals surface area contributed by atoms with Crippen molar-refractivity contribution in [2.45, 2.75) is 13.0 Å². The molecule has 29 heavy (non-hydrogen) atoms. The van der Waals surface area contributed by atoms with E-state index >= 15 is 0 Å². The largest absolute Gasteiger partial charge is 0.488 e. The molecule has 1 unspecified atom stereocenters. The summed E-state index contributed by atoms with van der Waals surface area (Å²) in [5, 5.41) is 0. The summed E-state index contributed by atoms with van der Waals surface area (Å²) in [6.07, 6.45) is 0.0607. The molecule has 0 radical (unpaired) electrons. The second kappa shape index (κ2) is 8.29. The van der Waals surface area contributed by atoms with Crippen LogP contribution in [0, 0.1) is 6.92 Å². The third-order valence-corrected chi connectivity index (χ3v) is 4.70. The van der Waals surface area contributed by atoms with Gasteiger partial charge >= 0.3 is 0 Å². The third-order valence-electron chi connectivity index (χ3n) is 4.70. The summed E-state index contributed by atoms with van der Waals surface area (Å²) in [5.74, 6) is -0.299. The molecule has 1 aliphatic heterocycles. The summed E-state index contributed by atoms with van der Waals surface area (Å²) in [4.78, 5) is 28.0. The number of benzene rings is 3. The number of amides is 2. The van der Waals surface area contributed by atoms with E-state index in [1.807, 2.05) is 31.2 Å². The Hall–Kier alpha value is -3.44. The van der Waals surface area contributed by atoms with Crippen molar-refractivity contribution in [2.24, 2.45) is 0 Å². The van der Waals surface area contributed by atoms with Gasteiger partial charge in [0.05, 0.1) is 12.3 Å². The number of hydrogen-bond acceptors (Lipinski definition) is 4. The fourth-order valence-corrected chi connectivity index (χ4v) is 3.07. The Balaban J connectivity index is 1.79. The zero-order chi connectivity index (χ0) is 20.2. The summed E-state index contributed by atoms with van der Waals surface area (Å²) >= 11 is 0. The summed E-state index contributed by atoms with van der Waals surface area (Å²) in [6.45, 7) is 2.94. The summed E-state index contributed by atoms with van der Waals surface area (Å²) in [5.41, 5.74) is 2.12. The molecule has 1 fully saturated rings. The molecule has 0 spiro atoms. The molecule has 0 saturated carbocycles. The van der Waals surface area contributed by atoms with Crippen LogP contribution in [-0.4, -0.2) is 31.1 Å². The zero-order valence-electron chi connectivity index (χ0n) is 16.1. The molecule has 1 saturated heterocycles. The molecule has 0 bridgehead atoms. The first-order valence-electron chi connectivity index (χ1n) is 9.48. The Morgan fingerprint density at radius 2 is 1.45 bits per heavy atom. The normalized spacial score (nSPS) is 14.9. The Kier molecular flexibility index (Phi) is 5.40. The molecule has 2 amide bonds. The van der Waals surface area contributed by atoms with E-state index in [0.717, 1.165) is 5.56 Å². The van der Waals surface area contributed by atoms with E-state index in [2.05, 4.69) is 0 Å². The first-order chi connectivity index (χ1) is 14.1. The molecular formula is C24H21NO4. The van der Waals surface area contributed by atoms with E-state index < -0.39 is 11.8 Å². The lowest BCUT2D eigenvalue weighted by atomic mass is 10.1. The van der Waals surface area contributed by atoms with Crippen LogP contribution in [0.1, 0.15) is 26.3 Å². The predicted molar refractivity (Wildman–Crippen MR) is 110 cm³/mol. The van der Waals surface area contributed by atoms with Gasteiger partial charge in [-0.05, 0) is 42.8 Å². The lowest BCUT2D eigenvalue weighted by Crippen LogP contribution is -2.37. The number of nitrogens with zero attached hydrogens (tertiary/aromatic N) is 1. The van der Waals surface area contributed by atoms with E-state index in [4.69, 9.17) is 9.47 Å². The molecule has 3 aromatic carbocycles. The molecule has 3 aromatic rings. The van der Waals surface area contributed by atoms with Crippen molar-refractivity contribution in [3.63, 3.8) is 0 Å². The van der Waals surface area contributed by atoms with Gasteiger partial charge in [0.2, 0.25) is 0 Å². The minimum Gasteiger partial charge on any atom is -0.488 e. The van der Waals surface area contributed by atoms with E-state index in [-0.39, 0.29) is 6.10 Å². The molecule has 4 rings (SSSR count). The van der Waals surface area contributed by atoms with Crippen molar-refractivity contribution in [1.29, 1.82) is 0 Å². The standard InChI is InChI=1S/C24H21NO4/c1-17-9-8-14-21(22(17)29-16-20-15-28-20)25(23(26)18-10-4-2-5-11-18)24(27)19-12-6-3-7-13-19/h2-14,20H,15-16H2,1H3. The van der Waals surface area contributed by atoms with Crippen LogP contribution in [0.25, 0.3) is 0 Å². The van der Waals surface area contributed by atoms with Gasteiger partial charge in [0.25, 0.3) is 11.8 Å². The number of ether oxygens (including phenoxy) is 2. The molecule has 0 aromatic heterocycles. The molecule has 1 aliphatic rings. The smallest absolute Gasteiger partial charge is 0.265 e. The average Bonchev–Trinajstić information content (AvgIpc) is 3.59. The molecule has 1 heterocycles. The summed E-state index contributed by atoms with van der Waals surface area (Å²) in [6, 6.07) is 23.0. The second-order valence-electron chi connectivity index (χ2n) is 6.87. The van der Waals surface area contributed by atoms with Crippen LogP contribution in [-0.2, 0) is 4.74 Å². The predicted octanol–water partition coefficient (Wildman–Crippen LogP) is 4.26. The highest BCUT2D eigenvalue weighted by molar-refractivity contribution is 6.26. The maximum atomic E-state index is 13.4. The summed E-state index contributed by atoms with van der Waals surface area (Å²) in [7, 11) is 0. The first-order valence-corrected chi connectivity index (χ1v) is 9.48. The molecule has 0 aliphatic carbocycles. The molecule has 5 nitrogen and oxygen atoms in total. The van der Waals surface area contributed by atoms with Crippen LogP contribution in [0.5, 0.6) is 5.75 Å². The molecule has 1 atom stereocenters. The fraction of sp³-hybridized carbons (Fsp3) is 0.167. The number of carbonyl (C=O) groups excluding carboxylic acids is 2. The van der Waals surface area contributed by atoms with E-state index in [0.29, 0.717) is 35.8 Å². The van der Waals surface area contributed by atoms with Crippen LogP contribution in [0.3, 0.4) is 0 Å². The van der Waals surface area contributed by atoms with Gasteiger partial charge in [-0.3, -0.25) is 9.59 Å². The van der Waals surface area contributed by atoms with E-state index in [1.54, 1.807) is 54.6 Å². The monoisotopic (exact) mass is 387 g/mol. The first kappa shape index (κ1) is 18.9. The Morgan fingerprint density at radius 1 is 0.897 bits per heavy atom. The van der Waals surface area contributed by atoms with Gasteiger partial charge in [0.15, 0.2) is 0 Å². The number of para-hydroxylation sites is 1. The van der Waals surface area contributed by atoms with Crippen LogP contribution in [0.4, 0.5) is 5.69 Å². The quantitative estimate of drug-likeness (QED) is 0.468. The van der Waals surface area contributed by atoms with Crippen LogP contribution in [0.2, 0.25) is 0 Å². The number of rotatable bonds is 6. The van der Waals surface area contributed by atoms with Crippen LogP contribution >= 0.6 is 0 Å². The number of hydrogen-bond donors (Lipinski definition) is 0. The van der Waals surface area contributed by atoms with Crippen molar-refractivity contribution in [3.8, 4) is 5.75 Å². The van der Waals surface area contributed by atoms with Gasteiger partial charge in [0.1, 0.15) is 18.5 Å². The van der Waals surface area contributed by atoms with Crippen molar-refractivity contribution in [2.75, 3.05) is 18.1 Å². The van der Waals surface area contributed by atoms with E-state index in [9.17, 15) is 9.59 Å². The van der Waals surface area contributed by atoms with E-state index in [1.165, 1.54) is 4.90 Å². The molecule has 5 heteroatoms. The van der Waals surface area contributed by atoms with Gasteiger partial charge in [-0.1, -0.05) is 48.5 Å². The van der Waals surface area contributed by atoms with Gasteiger partial charge in [0, 0.05) is 11.1 Å². The summed E-state index contributed by atoms with van der Waals surface area (Å²) < 4.78 is 11.2.